The van der Waals surface area contributed by atoms with E-state index in [0.29, 0.717) is 12.0 Å². The van der Waals surface area contributed by atoms with E-state index in [4.69, 9.17) is 5.73 Å². The first-order valence-corrected chi connectivity index (χ1v) is 7.71. The molecule has 0 spiro atoms. The molecule has 118 valence electrons. The molecule has 0 unspecified atom stereocenters. The first kappa shape index (κ1) is 16.8. The summed E-state index contributed by atoms with van der Waals surface area (Å²) < 4.78 is 0. The number of halogens is 1. The predicted octanol–water partition coefficient (Wildman–Crippen LogP) is 2.42. The van der Waals surface area contributed by atoms with Gasteiger partial charge in [-0.15, -0.1) is 12.4 Å². The van der Waals surface area contributed by atoms with Crippen LogP contribution in [0.3, 0.4) is 0 Å². The second-order valence-electron chi connectivity index (χ2n) is 6.26. The molecule has 2 aliphatic rings. The normalized spacial score (nSPS) is 25.6. The quantitative estimate of drug-likeness (QED) is 0.930. The molecule has 2 N–H and O–H groups in total. The lowest BCUT2D eigenvalue weighted by Gasteiger charge is -2.45. The molecular weight excluding hydrogens is 298 g/mol. The molecule has 1 aromatic carbocycles. The van der Waals surface area contributed by atoms with Gasteiger partial charge in [0.1, 0.15) is 0 Å². The molecule has 1 aliphatic heterocycles. The smallest absolute Gasteiger partial charge is 0.223 e. The van der Waals surface area contributed by atoms with Gasteiger partial charge in [0.25, 0.3) is 0 Å². The van der Waals surface area contributed by atoms with Crippen LogP contribution in [0.4, 0.5) is 0 Å². The summed E-state index contributed by atoms with van der Waals surface area (Å²) in [5, 5.41) is 9.22. The van der Waals surface area contributed by atoms with Gasteiger partial charge < -0.3 is 5.73 Å². The van der Waals surface area contributed by atoms with Crippen molar-refractivity contribution in [3.05, 3.63) is 35.4 Å². The van der Waals surface area contributed by atoms with Crippen molar-refractivity contribution < 1.29 is 4.79 Å². The average Bonchev–Trinajstić information content (AvgIpc) is 2.46. The number of nitrogens with zero attached hydrogens (tertiary/aromatic N) is 2. The molecule has 1 aromatic rings. The van der Waals surface area contributed by atoms with E-state index in [1.807, 2.05) is 18.2 Å². The molecule has 0 radical (unpaired) electrons. The van der Waals surface area contributed by atoms with E-state index >= 15 is 0 Å². The number of nitrogens with two attached hydrogens (primary N) is 1. The Morgan fingerprint density at radius 3 is 2.41 bits per heavy atom. The van der Waals surface area contributed by atoms with Crippen LogP contribution in [-0.4, -0.2) is 29.9 Å². The van der Waals surface area contributed by atoms with Crippen molar-refractivity contribution in [1.29, 1.82) is 5.26 Å². The standard InChI is InChI=1S/C17H21N3O.ClH/c18-9-13-3-1-2-4-16(13)12-5-7-15(8-6-12)20-10-14(11-20)17(19)21;/h1-4,12,14-15H,5-8,10-11H2,(H2,19,21);1H. The van der Waals surface area contributed by atoms with Gasteiger partial charge in [-0.05, 0) is 43.2 Å². The third-order valence-corrected chi connectivity index (χ3v) is 5.05. The first-order valence-electron chi connectivity index (χ1n) is 7.71. The van der Waals surface area contributed by atoms with Gasteiger partial charge in [-0.3, -0.25) is 9.69 Å². The van der Waals surface area contributed by atoms with Crippen LogP contribution in [0.15, 0.2) is 24.3 Å². The predicted molar refractivity (Wildman–Crippen MR) is 87.7 cm³/mol. The number of carbonyl (C=O) groups is 1. The van der Waals surface area contributed by atoms with Gasteiger partial charge >= 0.3 is 0 Å². The van der Waals surface area contributed by atoms with Gasteiger partial charge in [0, 0.05) is 19.1 Å². The van der Waals surface area contributed by atoms with Gasteiger partial charge in [-0.2, -0.15) is 5.26 Å². The van der Waals surface area contributed by atoms with Gasteiger partial charge in [0.15, 0.2) is 0 Å². The van der Waals surface area contributed by atoms with Crippen LogP contribution in [0, 0.1) is 17.2 Å². The van der Waals surface area contributed by atoms with Crippen molar-refractivity contribution in [2.24, 2.45) is 11.7 Å². The van der Waals surface area contributed by atoms with Crippen LogP contribution in [0.5, 0.6) is 0 Å². The fraction of sp³-hybridized carbons (Fsp3) is 0.529. The minimum absolute atomic E-state index is 0. The molecule has 0 atom stereocenters. The van der Waals surface area contributed by atoms with E-state index in [9.17, 15) is 10.1 Å². The van der Waals surface area contributed by atoms with Crippen LogP contribution in [0.25, 0.3) is 0 Å². The van der Waals surface area contributed by atoms with E-state index in [2.05, 4.69) is 17.0 Å². The van der Waals surface area contributed by atoms with Crippen molar-refractivity contribution in [2.75, 3.05) is 13.1 Å². The van der Waals surface area contributed by atoms with E-state index in [-0.39, 0.29) is 24.2 Å². The molecule has 1 saturated heterocycles. The van der Waals surface area contributed by atoms with Crippen LogP contribution < -0.4 is 5.73 Å². The highest BCUT2D eigenvalue weighted by Crippen LogP contribution is 2.37. The van der Waals surface area contributed by atoms with Crippen molar-refractivity contribution in [2.45, 2.75) is 37.6 Å². The third kappa shape index (κ3) is 3.26. The van der Waals surface area contributed by atoms with Crippen molar-refractivity contribution in [3.8, 4) is 6.07 Å². The zero-order chi connectivity index (χ0) is 14.8. The number of rotatable bonds is 3. The highest BCUT2D eigenvalue weighted by atomic mass is 35.5. The number of hydrogen-bond acceptors (Lipinski definition) is 3. The summed E-state index contributed by atoms with van der Waals surface area (Å²) in [7, 11) is 0. The summed E-state index contributed by atoms with van der Waals surface area (Å²) in [6, 6.07) is 10.9. The minimum Gasteiger partial charge on any atom is -0.369 e. The molecule has 1 saturated carbocycles. The summed E-state index contributed by atoms with van der Waals surface area (Å²) in [5.41, 5.74) is 7.35. The van der Waals surface area contributed by atoms with Crippen LogP contribution >= 0.6 is 12.4 Å². The van der Waals surface area contributed by atoms with Gasteiger partial charge in [0.05, 0.1) is 17.6 Å². The van der Waals surface area contributed by atoms with Crippen LogP contribution in [0.2, 0.25) is 0 Å². The zero-order valence-corrected chi connectivity index (χ0v) is 13.4. The molecule has 1 aliphatic carbocycles. The zero-order valence-electron chi connectivity index (χ0n) is 12.6. The number of benzene rings is 1. The number of nitriles is 1. The Labute approximate surface area is 137 Å². The number of primary amides is 1. The van der Waals surface area contributed by atoms with Crippen LogP contribution in [-0.2, 0) is 4.79 Å². The van der Waals surface area contributed by atoms with E-state index in [0.717, 1.165) is 44.3 Å². The van der Waals surface area contributed by atoms with Crippen LogP contribution in [0.1, 0.15) is 42.7 Å². The summed E-state index contributed by atoms with van der Waals surface area (Å²) in [5.74, 6) is 0.398. The van der Waals surface area contributed by atoms with E-state index < -0.39 is 0 Å². The Balaban J connectivity index is 0.00000176. The molecule has 1 heterocycles. The lowest BCUT2D eigenvalue weighted by molar-refractivity contribution is -0.128. The second-order valence-corrected chi connectivity index (χ2v) is 6.26. The molecule has 5 heteroatoms. The Hall–Kier alpha value is -1.57. The largest absolute Gasteiger partial charge is 0.369 e. The summed E-state index contributed by atoms with van der Waals surface area (Å²) in [6.45, 7) is 1.67. The fourth-order valence-corrected chi connectivity index (χ4v) is 3.70. The highest BCUT2D eigenvalue weighted by Gasteiger charge is 2.37. The van der Waals surface area contributed by atoms with Crippen molar-refractivity contribution in [3.63, 3.8) is 0 Å². The van der Waals surface area contributed by atoms with Gasteiger partial charge in [-0.1, -0.05) is 18.2 Å². The maximum absolute atomic E-state index is 11.1. The molecule has 22 heavy (non-hydrogen) atoms. The maximum Gasteiger partial charge on any atom is 0.223 e. The monoisotopic (exact) mass is 319 g/mol. The van der Waals surface area contributed by atoms with E-state index in [1.54, 1.807) is 0 Å². The average molecular weight is 320 g/mol. The topological polar surface area (TPSA) is 70.1 Å². The lowest BCUT2D eigenvalue weighted by Crippen LogP contribution is -2.56. The van der Waals surface area contributed by atoms with Crippen molar-refractivity contribution in [1.82, 2.24) is 4.90 Å². The number of hydrogen-bond donors (Lipinski definition) is 1. The molecular formula is C17H22ClN3O. The third-order valence-electron chi connectivity index (χ3n) is 5.05. The molecule has 0 aromatic heterocycles. The maximum atomic E-state index is 11.1. The molecule has 1 amide bonds. The molecule has 3 rings (SSSR count). The van der Waals surface area contributed by atoms with Gasteiger partial charge in [0.2, 0.25) is 5.91 Å². The van der Waals surface area contributed by atoms with Crippen molar-refractivity contribution >= 4 is 18.3 Å². The highest BCUT2D eigenvalue weighted by molar-refractivity contribution is 5.85. The first-order chi connectivity index (χ1) is 10.2. The molecule has 4 nitrogen and oxygen atoms in total. The second kappa shape index (κ2) is 7.13. The Morgan fingerprint density at radius 1 is 1.18 bits per heavy atom. The van der Waals surface area contributed by atoms with Gasteiger partial charge in [-0.25, -0.2) is 0 Å². The number of amides is 1. The summed E-state index contributed by atoms with van der Waals surface area (Å²) in [4.78, 5) is 13.5. The summed E-state index contributed by atoms with van der Waals surface area (Å²) >= 11 is 0. The number of likely N-dealkylation sites (tertiary alicyclic amines) is 1. The Morgan fingerprint density at radius 2 is 1.82 bits per heavy atom. The van der Waals surface area contributed by atoms with E-state index in [1.165, 1.54) is 5.56 Å². The lowest BCUT2D eigenvalue weighted by atomic mass is 9.78. The molecule has 2 fully saturated rings. The molecule has 0 bridgehead atoms. The minimum atomic E-state index is -0.164. The number of carbonyl (C=O) groups excluding carboxylic acids is 1. The SMILES string of the molecule is Cl.N#Cc1ccccc1C1CCC(N2CC(C(N)=O)C2)CC1. The fourth-order valence-electron chi connectivity index (χ4n) is 3.70. The summed E-state index contributed by atoms with van der Waals surface area (Å²) in [6.07, 6.45) is 4.55. The Kier molecular flexibility index (Phi) is 5.44. The Bertz CT molecular complexity index is 570.